The van der Waals surface area contributed by atoms with Gasteiger partial charge in [0.05, 0.1) is 5.56 Å². The van der Waals surface area contributed by atoms with E-state index in [0.29, 0.717) is 6.42 Å². The number of hydrogen-bond donors (Lipinski definition) is 1. The Bertz CT molecular complexity index is 377. The summed E-state index contributed by atoms with van der Waals surface area (Å²) in [5.74, 6) is -0.177. The van der Waals surface area contributed by atoms with Crippen LogP contribution in [0.15, 0.2) is 18.5 Å². The van der Waals surface area contributed by atoms with Gasteiger partial charge < -0.3 is 5.32 Å². The zero-order valence-corrected chi connectivity index (χ0v) is 10.9. The molecule has 0 aliphatic carbocycles. The van der Waals surface area contributed by atoms with E-state index in [1.54, 1.807) is 6.92 Å². The zero-order valence-electron chi connectivity index (χ0n) is 10.9. The van der Waals surface area contributed by atoms with E-state index >= 15 is 0 Å². The third kappa shape index (κ3) is 3.98. The molecule has 1 heterocycles. The molecule has 0 aliphatic rings. The number of alkyl halides is 3. The lowest BCUT2D eigenvalue weighted by atomic mass is 9.92. The predicted octanol–water partition coefficient (Wildman–Crippen LogP) is 3.59. The maximum Gasteiger partial charge on any atom is 0.416 e. The van der Waals surface area contributed by atoms with Gasteiger partial charge in [-0.1, -0.05) is 13.8 Å². The lowest BCUT2D eigenvalue weighted by molar-refractivity contribution is -0.138. The van der Waals surface area contributed by atoms with Gasteiger partial charge in [-0.15, -0.1) is 0 Å². The van der Waals surface area contributed by atoms with Gasteiger partial charge in [-0.05, 0) is 37.4 Å². The third-order valence-electron chi connectivity index (χ3n) is 2.95. The highest BCUT2D eigenvalue weighted by Gasteiger charge is 2.34. The average Bonchev–Trinajstić information content (AvgIpc) is 2.28. The van der Waals surface area contributed by atoms with Crippen molar-refractivity contribution in [2.75, 3.05) is 6.54 Å². The van der Waals surface area contributed by atoms with Crippen LogP contribution in [0.3, 0.4) is 0 Å². The van der Waals surface area contributed by atoms with Gasteiger partial charge in [0, 0.05) is 18.4 Å². The first-order valence-corrected chi connectivity index (χ1v) is 6.10. The highest BCUT2D eigenvalue weighted by atomic mass is 19.4. The maximum atomic E-state index is 12.9. The van der Waals surface area contributed by atoms with Gasteiger partial charge in [0.1, 0.15) is 0 Å². The molecule has 1 N–H and O–H groups in total. The Kier molecular flexibility index (Phi) is 5.14. The van der Waals surface area contributed by atoms with E-state index in [9.17, 15) is 13.2 Å². The molecule has 0 amide bonds. The fourth-order valence-corrected chi connectivity index (χ4v) is 2.15. The summed E-state index contributed by atoms with van der Waals surface area (Å²) in [6, 6.07) is 1.23. The van der Waals surface area contributed by atoms with Gasteiger partial charge in [0.15, 0.2) is 0 Å². The van der Waals surface area contributed by atoms with Gasteiger partial charge in [-0.25, -0.2) is 0 Å². The molecule has 1 rings (SSSR count). The molecule has 0 bridgehead atoms. The van der Waals surface area contributed by atoms with Gasteiger partial charge in [-0.2, -0.15) is 13.2 Å². The molecule has 0 spiro atoms. The Morgan fingerprint density at radius 1 is 1.33 bits per heavy atom. The van der Waals surface area contributed by atoms with Crippen molar-refractivity contribution >= 4 is 0 Å². The van der Waals surface area contributed by atoms with E-state index < -0.39 is 11.7 Å². The van der Waals surface area contributed by atoms with E-state index in [1.807, 2.05) is 13.8 Å². The Hall–Kier alpha value is -1.10. The quantitative estimate of drug-likeness (QED) is 0.875. The van der Waals surface area contributed by atoms with Crippen LogP contribution in [0.5, 0.6) is 0 Å². The molecule has 0 aliphatic heterocycles. The van der Waals surface area contributed by atoms with Crippen molar-refractivity contribution in [1.29, 1.82) is 0 Å². The summed E-state index contributed by atoms with van der Waals surface area (Å²) in [6.07, 6.45) is -1.14. The van der Waals surface area contributed by atoms with Crippen molar-refractivity contribution in [2.24, 2.45) is 0 Å². The molecule has 2 nitrogen and oxygen atoms in total. The number of nitrogens with one attached hydrogen (secondary N) is 1. The van der Waals surface area contributed by atoms with Gasteiger partial charge >= 0.3 is 6.18 Å². The van der Waals surface area contributed by atoms with Crippen LogP contribution in [0.4, 0.5) is 13.2 Å². The lowest BCUT2D eigenvalue weighted by Crippen LogP contribution is -2.27. The predicted molar refractivity (Wildman–Crippen MR) is 65.4 cm³/mol. The summed E-state index contributed by atoms with van der Waals surface area (Å²) in [5.41, 5.74) is -0.302. The lowest BCUT2D eigenvalue weighted by Gasteiger charge is -2.21. The summed E-state index contributed by atoms with van der Waals surface area (Å²) >= 11 is 0. The van der Waals surface area contributed by atoms with Gasteiger partial charge in [0.2, 0.25) is 0 Å². The molecule has 1 aromatic heterocycles. The number of pyridine rings is 1. The molecule has 0 saturated carbocycles. The molecule has 2 unspecified atom stereocenters. The van der Waals surface area contributed by atoms with Crippen LogP contribution in [0.25, 0.3) is 0 Å². The number of aromatic nitrogens is 1. The standard InChI is InChI=1S/C13H19F3N2/c1-4-18-10(3)7-9(2)11-8-17-6-5-12(11)13(14,15)16/h5-6,8-10,18H,4,7H2,1-3H3. The second kappa shape index (κ2) is 6.18. The minimum Gasteiger partial charge on any atom is -0.315 e. The van der Waals surface area contributed by atoms with E-state index in [4.69, 9.17) is 0 Å². The largest absolute Gasteiger partial charge is 0.416 e. The third-order valence-corrected chi connectivity index (χ3v) is 2.95. The fourth-order valence-electron chi connectivity index (χ4n) is 2.15. The van der Waals surface area contributed by atoms with Crippen LogP contribution in [0, 0.1) is 0 Å². The molecule has 0 fully saturated rings. The van der Waals surface area contributed by atoms with Crippen LogP contribution >= 0.6 is 0 Å². The molecule has 5 heteroatoms. The number of rotatable bonds is 5. The van der Waals surface area contributed by atoms with E-state index in [2.05, 4.69) is 10.3 Å². The topological polar surface area (TPSA) is 24.9 Å². The van der Waals surface area contributed by atoms with E-state index in [-0.39, 0.29) is 17.5 Å². The van der Waals surface area contributed by atoms with Crippen LogP contribution in [0.2, 0.25) is 0 Å². The molecule has 0 radical (unpaired) electrons. The number of halogens is 3. The molecule has 102 valence electrons. The Balaban J connectivity index is 2.89. The van der Waals surface area contributed by atoms with Crippen molar-refractivity contribution in [3.8, 4) is 0 Å². The Morgan fingerprint density at radius 3 is 2.56 bits per heavy atom. The van der Waals surface area contributed by atoms with Crippen LogP contribution in [0.1, 0.15) is 44.2 Å². The Morgan fingerprint density at radius 2 is 2.00 bits per heavy atom. The van der Waals surface area contributed by atoms with E-state index in [0.717, 1.165) is 12.6 Å². The second-order valence-electron chi connectivity index (χ2n) is 4.56. The monoisotopic (exact) mass is 260 g/mol. The molecular weight excluding hydrogens is 241 g/mol. The summed E-state index contributed by atoms with van der Waals surface area (Å²) in [6.45, 7) is 6.57. The first-order chi connectivity index (χ1) is 8.36. The van der Waals surface area contributed by atoms with Crippen molar-refractivity contribution in [3.63, 3.8) is 0 Å². The molecule has 18 heavy (non-hydrogen) atoms. The maximum absolute atomic E-state index is 12.9. The molecular formula is C13H19F3N2. The smallest absolute Gasteiger partial charge is 0.315 e. The molecule has 0 saturated heterocycles. The fraction of sp³-hybridized carbons (Fsp3) is 0.615. The second-order valence-corrected chi connectivity index (χ2v) is 4.56. The van der Waals surface area contributed by atoms with Crippen LogP contribution in [-0.2, 0) is 6.18 Å². The minimum absolute atomic E-state index is 0.177. The summed E-state index contributed by atoms with van der Waals surface area (Å²) in [7, 11) is 0. The van der Waals surface area contributed by atoms with E-state index in [1.165, 1.54) is 12.4 Å². The summed E-state index contributed by atoms with van der Waals surface area (Å²) in [5, 5.41) is 3.20. The van der Waals surface area contributed by atoms with Gasteiger partial charge in [-0.3, -0.25) is 4.98 Å². The molecule has 1 aromatic rings. The average molecular weight is 260 g/mol. The van der Waals surface area contributed by atoms with Crippen molar-refractivity contribution in [3.05, 3.63) is 29.6 Å². The molecule has 2 atom stereocenters. The Labute approximate surface area is 106 Å². The van der Waals surface area contributed by atoms with Crippen molar-refractivity contribution in [1.82, 2.24) is 10.3 Å². The SMILES string of the molecule is CCNC(C)CC(C)c1cnccc1C(F)(F)F. The van der Waals surface area contributed by atoms with Crippen LogP contribution in [-0.4, -0.2) is 17.6 Å². The number of hydrogen-bond acceptors (Lipinski definition) is 2. The van der Waals surface area contributed by atoms with Crippen molar-refractivity contribution in [2.45, 2.75) is 45.3 Å². The molecule has 0 aromatic carbocycles. The highest BCUT2D eigenvalue weighted by molar-refractivity contribution is 5.29. The van der Waals surface area contributed by atoms with Crippen molar-refractivity contribution < 1.29 is 13.2 Å². The zero-order chi connectivity index (χ0) is 13.8. The normalized spacial score (nSPS) is 15.4. The minimum atomic E-state index is -4.31. The first kappa shape index (κ1) is 15.0. The number of nitrogens with zero attached hydrogens (tertiary/aromatic N) is 1. The first-order valence-electron chi connectivity index (χ1n) is 6.10. The summed E-state index contributed by atoms with van der Waals surface area (Å²) in [4.78, 5) is 3.81. The van der Waals surface area contributed by atoms with Crippen LogP contribution < -0.4 is 5.32 Å². The summed E-state index contributed by atoms with van der Waals surface area (Å²) < 4.78 is 38.6. The van der Waals surface area contributed by atoms with Gasteiger partial charge in [0.25, 0.3) is 0 Å². The highest BCUT2D eigenvalue weighted by Crippen LogP contribution is 2.35.